The number of carbonyl (C=O) groups excluding carboxylic acids is 1. The fourth-order valence-corrected chi connectivity index (χ4v) is 9.00. The number of fused-ring (bicyclic) bond motifs is 1. The van der Waals surface area contributed by atoms with E-state index >= 15 is 0 Å². The molecule has 2 aliphatic heterocycles. The second-order valence-electron chi connectivity index (χ2n) is 12.7. The Morgan fingerprint density at radius 3 is 2.40 bits per heavy atom. The largest absolute Gasteiger partial charge is 0.726 e. The monoisotopic (exact) mass is 752 g/mol. The first-order valence-corrected chi connectivity index (χ1v) is 18.6. The topological polar surface area (TPSA) is 251 Å². The SMILES string of the molecule is CCCC[C@]1(CC)CS(=O)(=O)c2ccc(N(C)C)cc2[C@@H](c2cccc(NC(=O)N[C@@H]3O[C@H](COS(=O)(=O)[O-])C(F)(F)[C@H](O)[C@H]3O)c2)[C@H]1O.[NH4+]. The molecule has 0 aliphatic carbocycles. The number of unbranched alkanes of at least 4 members (excludes halogenated alkanes) is 1. The number of aliphatic hydroxyl groups excluding tert-OH is 3. The molecule has 0 radical (unpaired) electrons. The van der Waals surface area contributed by atoms with Crippen molar-refractivity contribution in [3.63, 3.8) is 0 Å². The zero-order valence-electron chi connectivity index (χ0n) is 28.4. The molecule has 0 aromatic heterocycles. The van der Waals surface area contributed by atoms with Crippen LogP contribution in [0.2, 0.25) is 0 Å². The van der Waals surface area contributed by atoms with Crippen LogP contribution in [0.3, 0.4) is 0 Å². The van der Waals surface area contributed by atoms with Crippen LogP contribution >= 0.6 is 0 Å². The van der Waals surface area contributed by atoms with E-state index in [0.29, 0.717) is 36.1 Å². The number of sulfone groups is 1. The van der Waals surface area contributed by atoms with Crippen LogP contribution < -0.4 is 21.7 Å². The molecule has 0 bridgehead atoms. The maximum atomic E-state index is 14.5. The summed E-state index contributed by atoms with van der Waals surface area (Å²) in [5, 5.41) is 37.0. The van der Waals surface area contributed by atoms with E-state index in [1.165, 1.54) is 12.1 Å². The van der Waals surface area contributed by atoms with Crippen LogP contribution in [0.25, 0.3) is 0 Å². The molecule has 0 saturated carbocycles. The molecule has 19 heteroatoms. The molecule has 1 saturated heterocycles. The van der Waals surface area contributed by atoms with Crippen LogP contribution in [0, 0.1) is 5.41 Å². The number of hydrogen-bond acceptors (Lipinski definition) is 12. The van der Waals surface area contributed by atoms with Crippen molar-refractivity contribution in [1.82, 2.24) is 11.5 Å². The second-order valence-corrected chi connectivity index (χ2v) is 15.7. The van der Waals surface area contributed by atoms with Crippen molar-refractivity contribution in [2.24, 2.45) is 5.41 Å². The van der Waals surface area contributed by atoms with Gasteiger partial charge in [0.25, 0.3) is 0 Å². The molecular formula is C31H46F2N4O11S2. The smallest absolute Gasteiger partial charge is 0.321 e. The zero-order chi connectivity index (χ0) is 36.5. The Morgan fingerprint density at radius 1 is 1.12 bits per heavy atom. The minimum Gasteiger partial charge on any atom is -0.726 e. The maximum Gasteiger partial charge on any atom is 0.321 e. The minimum absolute atomic E-state index is 0. The van der Waals surface area contributed by atoms with Gasteiger partial charge in [-0.1, -0.05) is 38.8 Å². The number of alkyl halides is 2. The van der Waals surface area contributed by atoms with Crippen LogP contribution in [-0.4, -0.2) is 106 Å². The van der Waals surface area contributed by atoms with E-state index in [0.717, 1.165) is 6.42 Å². The van der Waals surface area contributed by atoms with Gasteiger partial charge in [0.15, 0.2) is 28.3 Å². The summed E-state index contributed by atoms with van der Waals surface area (Å²) in [7, 11) is -5.67. The Hall–Kier alpha value is -3.01. The first kappa shape index (κ1) is 41.4. The average Bonchev–Trinajstić information content (AvgIpc) is 3.09. The van der Waals surface area contributed by atoms with E-state index in [-0.39, 0.29) is 22.5 Å². The van der Waals surface area contributed by atoms with Crippen molar-refractivity contribution in [3.8, 4) is 0 Å². The van der Waals surface area contributed by atoms with E-state index in [1.807, 2.05) is 13.8 Å². The van der Waals surface area contributed by atoms with E-state index in [2.05, 4.69) is 14.8 Å². The summed E-state index contributed by atoms with van der Waals surface area (Å²) in [5.41, 5.74) is 0.681. The van der Waals surface area contributed by atoms with Crippen LogP contribution in [0.1, 0.15) is 56.6 Å². The maximum absolute atomic E-state index is 14.5. The van der Waals surface area contributed by atoms with E-state index < -0.39 is 80.8 Å². The van der Waals surface area contributed by atoms with Crippen LogP contribution in [0.15, 0.2) is 47.4 Å². The Kier molecular flexibility index (Phi) is 13.0. The minimum atomic E-state index is -5.41. The number of ether oxygens (including phenoxy) is 1. The summed E-state index contributed by atoms with van der Waals surface area (Å²) in [6.07, 6.45) is -8.59. The number of aliphatic hydroxyl groups is 3. The number of hydrogen-bond donors (Lipinski definition) is 6. The molecule has 2 aromatic carbocycles. The van der Waals surface area contributed by atoms with Gasteiger partial charge in [0.1, 0.15) is 6.10 Å². The normalized spacial score (nSPS) is 28.8. The molecule has 1 fully saturated rings. The highest BCUT2D eigenvalue weighted by Gasteiger charge is 2.58. The van der Waals surface area contributed by atoms with E-state index in [1.54, 1.807) is 49.3 Å². The van der Waals surface area contributed by atoms with Crippen LogP contribution in [-0.2, 0) is 29.2 Å². The van der Waals surface area contributed by atoms with E-state index in [4.69, 9.17) is 4.74 Å². The average molecular weight is 753 g/mol. The summed E-state index contributed by atoms with van der Waals surface area (Å²) < 4.78 is 98.0. The number of benzene rings is 2. The van der Waals surface area contributed by atoms with Crippen molar-refractivity contribution < 1.29 is 59.2 Å². The third kappa shape index (κ3) is 8.71. The van der Waals surface area contributed by atoms with Crippen LogP contribution in [0.4, 0.5) is 25.0 Å². The van der Waals surface area contributed by atoms with E-state index in [9.17, 15) is 50.3 Å². The Labute approximate surface area is 290 Å². The number of halogens is 2. The zero-order valence-corrected chi connectivity index (χ0v) is 30.0. The number of nitrogens with zero attached hydrogens (tertiary/aromatic N) is 1. The highest BCUT2D eigenvalue weighted by Crippen LogP contribution is 2.49. The fourth-order valence-electron chi connectivity index (χ4n) is 6.46. The number of nitrogens with one attached hydrogen (secondary N) is 2. The van der Waals surface area contributed by atoms with Gasteiger partial charge in [-0.3, -0.25) is 4.18 Å². The third-order valence-corrected chi connectivity index (χ3v) is 11.7. The summed E-state index contributed by atoms with van der Waals surface area (Å²) in [6, 6.07) is 10.1. The summed E-state index contributed by atoms with van der Waals surface area (Å²) in [4.78, 5) is 14.9. The molecule has 2 aliphatic rings. The number of quaternary nitrogens is 1. The molecule has 0 spiro atoms. The summed E-state index contributed by atoms with van der Waals surface area (Å²) in [6.45, 7) is 2.32. The lowest BCUT2D eigenvalue weighted by Gasteiger charge is -2.42. The number of rotatable bonds is 11. The predicted molar refractivity (Wildman–Crippen MR) is 179 cm³/mol. The number of anilines is 2. The summed E-state index contributed by atoms with van der Waals surface area (Å²) in [5.74, 6) is -5.37. The fraction of sp³-hybridized carbons (Fsp3) is 0.581. The van der Waals surface area contributed by atoms with Gasteiger partial charge in [0, 0.05) is 36.8 Å². The lowest BCUT2D eigenvalue weighted by atomic mass is 9.69. The number of amides is 2. The highest BCUT2D eigenvalue weighted by molar-refractivity contribution is 7.91. The lowest BCUT2D eigenvalue weighted by molar-refractivity contribution is -0.295. The van der Waals surface area contributed by atoms with Crippen molar-refractivity contribution in [1.29, 1.82) is 0 Å². The Bertz CT molecular complexity index is 1730. The van der Waals surface area contributed by atoms with Gasteiger partial charge >= 0.3 is 12.0 Å². The first-order valence-electron chi connectivity index (χ1n) is 15.7. The lowest BCUT2D eigenvalue weighted by Crippen LogP contribution is -2.66. The van der Waals surface area contributed by atoms with Gasteiger partial charge in [0.2, 0.25) is 10.4 Å². The highest BCUT2D eigenvalue weighted by atomic mass is 32.3. The molecule has 2 aromatic rings. The molecular weight excluding hydrogens is 706 g/mol. The molecule has 50 heavy (non-hydrogen) atoms. The second kappa shape index (κ2) is 15.7. The molecule has 2 amide bonds. The summed E-state index contributed by atoms with van der Waals surface area (Å²) >= 11 is 0. The van der Waals surface area contributed by atoms with Crippen molar-refractivity contribution in [2.45, 2.75) is 86.9 Å². The van der Waals surface area contributed by atoms with Gasteiger partial charge in [-0.15, -0.1) is 0 Å². The van der Waals surface area contributed by atoms with Crippen molar-refractivity contribution in [3.05, 3.63) is 53.6 Å². The molecule has 282 valence electrons. The third-order valence-electron chi connectivity index (χ3n) is 9.24. The molecule has 9 N–H and O–H groups in total. The number of urea groups is 1. The molecule has 4 rings (SSSR count). The molecule has 15 nitrogen and oxygen atoms in total. The van der Waals surface area contributed by atoms with Crippen molar-refractivity contribution in [2.75, 3.05) is 36.7 Å². The van der Waals surface area contributed by atoms with Gasteiger partial charge in [-0.25, -0.2) is 30.4 Å². The van der Waals surface area contributed by atoms with Gasteiger partial charge in [0.05, 0.1) is 23.4 Å². The van der Waals surface area contributed by atoms with Crippen molar-refractivity contribution >= 4 is 37.6 Å². The Morgan fingerprint density at radius 2 is 1.80 bits per heavy atom. The van der Waals surface area contributed by atoms with Gasteiger partial charge in [-0.05, 0) is 54.3 Å². The molecule has 0 unspecified atom stereocenters. The first-order chi connectivity index (χ1) is 22.8. The quantitative estimate of drug-likeness (QED) is 0.143. The Balaban J connectivity index is 0.00000676. The number of carbonyl (C=O) groups is 1. The predicted octanol–water partition coefficient (Wildman–Crippen LogP) is 2.68. The molecule has 2 heterocycles. The standard InChI is InChI=1S/C31H43F2N3O11S2.H3N/c1-5-7-13-30(6-2)17-48(41,42)22-12-11-20(36(3)4)15-21(22)24(26(30)38)18-9-8-10-19(14-18)34-29(40)35-28-25(37)27(39)31(32,33)23(47-28)16-46-49(43,44)45;/h8-12,14-15,23-28,37-39H,5-7,13,16-17H2,1-4H3,(H2,34,35,40)(H,43,44,45);1H3/t23-,24-,25-,26-,27-,28-,30-;/m1./s1. The van der Waals surface area contributed by atoms with Gasteiger partial charge < -0.3 is 46.3 Å². The molecule has 7 atom stereocenters. The van der Waals surface area contributed by atoms with Gasteiger partial charge in [-0.2, -0.15) is 0 Å². The van der Waals surface area contributed by atoms with Crippen LogP contribution in [0.5, 0.6) is 0 Å².